The molecule has 14 heavy (non-hydrogen) atoms. The van der Waals surface area contributed by atoms with Crippen LogP contribution in [0.3, 0.4) is 0 Å². The van der Waals surface area contributed by atoms with Crippen molar-refractivity contribution >= 4 is 11.0 Å². The molecule has 0 bridgehead atoms. The van der Waals surface area contributed by atoms with Crippen LogP contribution in [0.15, 0.2) is 28.9 Å². The van der Waals surface area contributed by atoms with Crippen LogP contribution in [0.25, 0.3) is 11.0 Å². The first-order valence-corrected chi connectivity index (χ1v) is 4.58. The van der Waals surface area contributed by atoms with Crippen molar-refractivity contribution in [3.63, 3.8) is 0 Å². The maximum absolute atomic E-state index is 13.4. The Balaban J connectivity index is 2.48. The summed E-state index contributed by atoms with van der Waals surface area (Å²) in [5, 5.41) is 0.919. The highest BCUT2D eigenvalue weighted by Gasteiger charge is 2.08. The van der Waals surface area contributed by atoms with Crippen LogP contribution in [0, 0.1) is 5.82 Å². The minimum Gasteiger partial charge on any atom is -0.464 e. The summed E-state index contributed by atoms with van der Waals surface area (Å²) in [6.45, 7) is 1.86. The van der Waals surface area contributed by atoms with Gasteiger partial charge >= 0.3 is 0 Å². The first kappa shape index (κ1) is 9.21. The molecule has 0 aliphatic heterocycles. The summed E-state index contributed by atoms with van der Waals surface area (Å²) in [5.41, 5.74) is 6.85. The Hall–Kier alpha value is -1.35. The molecule has 0 aliphatic rings. The Bertz CT molecular complexity index is 447. The van der Waals surface area contributed by atoms with Gasteiger partial charge in [0.2, 0.25) is 0 Å². The number of halogens is 1. The molecule has 2 aromatic rings. The van der Waals surface area contributed by atoms with Gasteiger partial charge in [-0.3, -0.25) is 0 Å². The summed E-state index contributed by atoms with van der Waals surface area (Å²) >= 11 is 0. The lowest BCUT2D eigenvalue weighted by Gasteiger charge is -2.06. The highest BCUT2D eigenvalue weighted by Crippen LogP contribution is 2.20. The van der Waals surface area contributed by atoms with E-state index in [1.54, 1.807) is 12.3 Å². The summed E-state index contributed by atoms with van der Waals surface area (Å²) < 4.78 is 18.5. The average Bonchev–Trinajstić information content (AvgIpc) is 2.51. The first-order valence-electron chi connectivity index (χ1n) is 4.58. The smallest absolute Gasteiger partial charge is 0.136 e. The van der Waals surface area contributed by atoms with Crippen molar-refractivity contribution in [3.8, 4) is 0 Å². The van der Waals surface area contributed by atoms with Crippen molar-refractivity contribution < 1.29 is 8.81 Å². The van der Waals surface area contributed by atoms with Crippen LogP contribution in [0.1, 0.15) is 12.5 Å². The largest absolute Gasteiger partial charge is 0.464 e. The van der Waals surface area contributed by atoms with Crippen LogP contribution in [-0.2, 0) is 6.42 Å². The minimum atomic E-state index is -0.246. The van der Waals surface area contributed by atoms with Gasteiger partial charge in [-0.2, -0.15) is 0 Å². The number of furan rings is 1. The lowest BCUT2D eigenvalue weighted by atomic mass is 10.1. The Labute approximate surface area is 81.5 Å². The topological polar surface area (TPSA) is 39.2 Å². The third-order valence-corrected chi connectivity index (χ3v) is 2.16. The number of nitrogens with two attached hydrogens (primary N) is 1. The van der Waals surface area contributed by atoms with Gasteiger partial charge in [-0.05, 0) is 31.0 Å². The van der Waals surface area contributed by atoms with Gasteiger partial charge in [0.1, 0.15) is 11.4 Å². The highest BCUT2D eigenvalue weighted by molar-refractivity contribution is 5.77. The molecule has 0 saturated carbocycles. The van der Waals surface area contributed by atoms with Crippen molar-refractivity contribution in [2.45, 2.75) is 19.4 Å². The van der Waals surface area contributed by atoms with Gasteiger partial charge in [0.15, 0.2) is 0 Å². The van der Waals surface area contributed by atoms with E-state index in [4.69, 9.17) is 10.2 Å². The van der Waals surface area contributed by atoms with E-state index in [1.165, 1.54) is 6.07 Å². The summed E-state index contributed by atoms with van der Waals surface area (Å²) in [6, 6.07) is 4.98. The molecule has 0 fully saturated rings. The Morgan fingerprint density at radius 2 is 2.29 bits per heavy atom. The summed E-state index contributed by atoms with van der Waals surface area (Å²) in [7, 11) is 0. The van der Waals surface area contributed by atoms with Gasteiger partial charge in [0.05, 0.1) is 6.26 Å². The second kappa shape index (κ2) is 3.42. The van der Waals surface area contributed by atoms with Crippen LogP contribution in [0.5, 0.6) is 0 Å². The quantitative estimate of drug-likeness (QED) is 0.795. The van der Waals surface area contributed by atoms with Crippen molar-refractivity contribution in [1.82, 2.24) is 0 Å². The lowest BCUT2D eigenvalue weighted by molar-refractivity contribution is 0.583. The number of benzene rings is 1. The molecule has 0 spiro atoms. The van der Waals surface area contributed by atoms with Gasteiger partial charge in [-0.1, -0.05) is 0 Å². The van der Waals surface area contributed by atoms with E-state index in [0.29, 0.717) is 17.6 Å². The molecule has 1 heterocycles. The molecular weight excluding hydrogens is 181 g/mol. The zero-order chi connectivity index (χ0) is 10.1. The minimum absolute atomic E-state index is 0.0335. The van der Waals surface area contributed by atoms with Gasteiger partial charge in [0.25, 0.3) is 0 Å². The van der Waals surface area contributed by atoms with E-state index in [1.807, 2.05) is 13.0 Å². The Morgan fingerprint density at radius 1 is 1.50 bits per heavy atom. The zero-order valence-corrected chi connectivity index (χ0v) is 7.96. The normalized spacial score (nSPS) is 13.4. The van der Waals surface area contributed by atoms with Crippen molar-refractivity contribution in [1.29, 1.82) is 0 Å². The van der Waals surface area contributed by atoms with E-state index >= 15 is 0 Å². The fourth-order valence-corrected chi connectivity index (χ4v) is 1.54. The Kier molecular flexibility index (Phi) is 2.25. The van der Waals surface area contributed by atoms with Crippen LogP contribution in [-0.4, -0.2) is 6.04 Å². The summed E-state index contributed by atoms with van der Waals surface area (Å²) in [6.07, 6.45) is 2.10. The molecule has 0 radical (unpaired) electrons. The molecule has 74 valence electrons. The number of rotatable bonds is 2. The van der Waals surface area contributed by atoms with E-state index in [2.05, 4.69) is 0 Å². The van der Waals surface area contributed by atoms with E-state index in [0.717, 1.165) is 5.39 Å². The van der Waals surface area contributed by atoms with Gasteiger partial charge in [-0.25, -0.2) is 4.39 Å². The van der Waals surface area contributed by atoms with Gasteiger partial charge in [0, 0.05) is 17.5 Å². The Morgan fingerprint density at radius 3 is 3.00 bits per heavy atom. The van der Waals surface area contributed by atoms with E-state index < -0.39 is 0 Å². The SMILES string of the molecule is CC(N)Cc1cc2ccoc2cc1F. The number of hydrogen-bond donors (Lipinski definition) is 1. The number of hydrogen-bond acceptors (Lipinski definition) is 2. The lowest BCUT2D eigenvalue weighted by Crippen LogP contribution is -2.18. The molecule has 0 aliphatic carbocycles. The predicted octanol–water partition coefficient (Wildman–Crippen LogP) is 2.46. The monoisotopic (exact) mass is 193 g/mol. The van der Waals surface area contributed by atoms with E-state index in [-0.39, 0.29) is 11.9 Å². The molecule has 2 N–H and O–H groups in total. The van der Waals surface area contributed by atoms with E-state index in [9.17, 15) is 4.39 Å². The van der Waals surface area contributed by atoms with Crippen molar-refractivity contribution in [3.05, 3.63) is 35.8 Å². The zero-order valence-electron chi connectivity index (χ0n) is 7.96. The van der Waals surface area contributed by atoms with Crippen LogP contribution >= 0.6 is 0 Å². The molecule has 1 aromatic carbocycles. The second-order valence-electron chi connectivity index (χ2n) is 3.58. The molecular formula is C11H12FNO. The molecule has 2 nitrogen and oxygen atoms in total. The average molecular weight is 193 g/mol. The second-order valence-corrected chi connectivity index (χ2v) is 3.58. The van der Waals surface area contributed by atoms with Crippen LogP contribution in [0.2, 0.25) is 0 Å². The number of fused-ring (bicyclic) bond motifs is 1. The third-order valence-electron chi connectivity index (χ3n) is 2.16. The van der Waals surface area contributed by atoms with Gasteiger partial charge < -0.3 is 10.2 Å². The maximum Gasteiger partial charge on any atom is 0.136 e. The van der Waals surface area contributed by atoms with Crippen molar-refractivity contribution in [2.75, 3.05) is 0 Å². The predicted molar refractivity (Wildman–Crippen MR) is 53.5 cm³/mol. The standard InChI is InChI=1S/C11H12FNO/c1-7(13)4-9-5-8-2-3-14-11(8)6-10(9)12/h2-3,5-7H,4,13H2,1H3. The molecule has 1 aromatic heterocycles. The molecule has 2 rings (SSSR count). The molecule has 0 amide bonds. The van der Waals surface area contributed by atoms with Crippen LogP contribution in [0.4, 0.5) is 4.39 Å². The molecule has 1 atom stereocenters. The maximum atomic E-state index is 13.4. The van der Waals surface area contributed by atoms with Gasteiger partial charge in [-0.15, -0.1) is 0 Å². The molecule has 0 saturated heterocycles. The summed E-state index contributed by atoms with van der Waals surface area (Å²) in [5.74, 6) is -0.246. The molecule has 3 heteroatoms. The fourth-order valence-electron chi connectivity index (χ4n) is 1.54. The third kappa shape index (κ3) is 1.63. The highest BCUT2D eigenvalue weighted by atomic mass is 19.1. The van der Waals surface area contributed by atoms with Crippen LogP contribution < -0.4 is 5.73 Å². The van der Waals surface area contributed by atoms with Crippen molar-refractivity contribution in [2.24, 2.45) is 5.73 Å². The molecule has 1 unspecified atom stereocenters. The fraction of sp³-hybridized carbons (Fsp3) is 0.273. The first-order chi connectivity index (χ1) is 6.66. The summed E-state index contributed by atoms with van der Waals surface area (Å²) in [4.78, 5) is 0.